The second kappa shape index (κ2) is 7.12. The number of benzene rings is 2. The monoisotopic (exact) mass is 316 g/mol. The molecular weight excluding hydrogens is 304 g/mol. The van der Waals surface area contributed by atoms with Gasteiger partial charge in [0.1, 0.15) is 6.61 Å². The first-order valence-corrected chi connectivity index (χ1v) is 6.58. The summed E-state index contributed by atoms with van der Waals surface area (Å²) in [6.07, 6.45) is -0.0708. The summed E-state index contributed by atoms with van der Waals surface area (Å²) in [7, 11) is 0. The molecule has 0 bridgehead atoms. The summed E-state index contributed by atoms with van der Waals surface area (Å²) in [5, 5.41) is 21.4. The van der Waals surface area contributed by atoms with Crippen molar-refractivity contribution in [2.24, 2.45) is 0 Å². The Morgan fingerprint density at radius 2 is 1.61 bits per heavy atom. The van der Waals surface area contributed by atoms with Gasteiger partial charge in [-0.2, -0.15) is 0 Å². The van der Waals surface area contributed by atoms with E-state index in [1.54, 1.807) is 6.07 Å². The molecule has 0 atom stereocenters. The molecule has 0 aliphatic heterocycles. The van der Waals surface area contributed by atoms with Gasteiger partial charge in [-0.25, -0.2) is 0 Å². The molecule has 0 N–H and O–H groups in total. The van der Waals surface area contributed by atoms with Crippen LogP contribution in [0.1, 0.15) is 11.1 Å². The van der Waals surface area contributed by atoms with Crippen LogP contribution in [-0.2, 0) is 22.6 Å². The molecule has 2 aromatic carbocycles. The van der Waals surface area contributed by atoms with E-state index in [9.17, 15) is 25.0 Å². The van der Waals surface area contributed by atoms with Gasteiger partial charge in [0.15, 0.2) is 0 Å². The van der Waals surface area contributed by atoms with E-state index in [0.717, 1.165) is 0 Å². The van der Waals surface area contributed by atoms with Gasteiger partial charge in [0.05, 0.1) is 21.8 Å². The maximum Gasteiger partial charge on any atom is 0.310 e. The molecule has 0 amide bonds. The maximum atomic E-state index is 11.8. The topological polar surface area (TPSA) is 113 Å². The van der Waals surface area contributed by atoms with Crippen LogP contribution in [0.15, 0.2) is 48.5 Å². The Kier molecular flexibility index (Phi) is 4.98. The highest BCUT2D eigenvalue weighted by Crippen LogP contribution is 2.19. The largest absolute Gasteiger partial charge is 0.460 e. The summed E-state index contributed by atoms with van der Waals surface area (Å²) in [6.45, 7) is -0.205. The van der Waals surface area contributed by atoms with Crippen LogP contribution in [0, 0.1) is 20.2 Å². The van der Waals surface area contributed by atoms with Crippen molar-refractivity contribution < 1.29 is 19.4 Å². The number of carbonyl (C=O) groups is 1. The lowest BCUT2D eigenvalue weighted by Crippen LogP contribution is -2.09. The average Bonchev–Trinajstić information content (AvgIpc) is 2.53. The molecule has 0 fully saturated rings. The van der Waals surface area contributed by atoms with Crippen LogP contribution in [0.25, 0.3) is 0 Å². The molecular formula is C15H12N2O6. The first-order chi connectivity index (χ1) is 11.0. The first kappa shape index (κ1) is 16.1. The Hall–Kier alpha value is -3.29. The van der Waals surface area contributed by atoms with E-state index in [1.165, 1.54) is 42.5 Å². The Labute approximate surface area is 130 Å². The lowest BCUT2D eigenvalue weighted by Gasteiger charge is -2.05. The van der Waals surface area contributed by atoms with Crippen molar-refractivity contribution in [3.63, 3.8) is 0 Å². The van der Waals surface area contributed by atoms with E-state index in [-0.39, 0.29) is 24.4 Å². The minimum Gasteiger partial charge on any atom is -0.460 e. The van der Waals surface area contributed by atoms with Crippen molar-refractivity contribution in [2.75, 3.05) is 0 Å². The summed E-state index contributed by atoms with van der Waals surface area (Å²) in [5.41, 5.74) is 0.676. The highest BCUT2D eigenvalue weighted by Gasteiger charge is 2.14. The van der Waals surface area contributed by atoms with Crippen molar-refractivity contribution in [1.29, 1.82) is 0 Å². The number of nitro benzene ring substituents is 2. The van der Waals surface area contributed by atoms with Crippen LogP contribution in [0.3, 0.4) is 0 Å². The molecule has 0 saturated heterocycles. The van der Waals surface area contributed by atoms with Gasteiger partial charge in [0.2, 0.25) is 0 Å². The van der Waals surface area contributed by atoms with E-state index in [2.05, 4.69) is 0 Å². The molecule has 0 heterocycles. The zero-order valence-electron chi connectivity index (χ0n) is 11.9. The quantitative estimate of drug-likeness (QED) is 0.460. The van der Waals surface area contributed by atoms with Gasteiger partial charge < -0.3 is 4.74 Å². The number of hydrogen-bond donors (Lipinski definition) is 0. The molecule has 8 nitrogen and oxygen atoms in total. The summed E-state index contributed by atoms with van der Waals surface area (Å²) in [5.74, 6) is -0.572. The normalized spacial score (nSPS) is 10.1. The van der Waals surface area contributed by atoms with E-state index >= 15 is 0 Å². The van der Waals surface area contributed by atoms with Crippen LogP contribution in [0.2, 0.25) is 0 Å². The molecule has 0 aliphatic carbocycles. The number of para-hydroxylation sites is 1. The summed E-state index contributed by atoms with van der Waals surface area (Å²) in [6, 6.07) is 11.5. The highest BCUT2D eigenvalue weighted by molar-refractivity contribution is 5.72. The first-order valence-electron chi connectivity index (χ1n) is 6.58. The molecule has 0 unspecified atom stereocenters. The Balaban J connectivity index is 1.95. The van der Waals surface area contributed by atoms with Gasteiger partial charge in [-0.05, 0) is 11.6 Å². The molecule has 23 heavy (non-hydrogen) atoms. The van der Waals surface area contributed by atoms with E-state index < -0.39 is 15.8 Å². The number of carbonyl (C=O) groups excluding carboxylic acids is 1. The third-order valence-electron chi connectivity index (χ3n) is 3.07. The zero-order chi connectivity index (χ0) is 16.8. The third-order valence-corrected chi connectivity index (χ3v) is 3.07. The van der Waals surface area contributed by atoms with Gasteiger partial charge in [-0.15, -0.1) is 0 Å². The van der Waals surface area contributed by atoms with Crippen molar-refractivity contribution >= 4 is 17.3 Å². The Morgan fingerprint density at radius 3 is 2.22 bits per heavy atom. The number of hydrogen-bond acceptors (Lipinski definition) is 6. The molecule has 0 spiro atoms. The number of rotatable bonds is 6. The molecule has 0 radical (unpaired) electrons. The van der Waals surface area contributed by atoms with E-state index in [0.29, 0.717) is 11.1 Å². The van der Waals surface area contributed by atoms with Crippen LogP contribution in [0.5, 0.6) is 0 Å². The highest BCUT2D eigenvalue weighted by atomic mass is 16.6. The predicted molar refractivity (Wildman–Crippen MR) is 79.7 cm³/mol. The van der Waals surface area contributed by atoms with Gasteiger partial charge >= 0.3 is 5.97 Å². The second-order valence-corrected chi connectivity index (χ2v) is 4.65. The van der Waals surface area contributed by atoms with E-state index in [1.807, 2.05) is 0 Å². The van der Waals surface area contributed by atoms with Gasteiger partial charge in [-0.3, -0.25) is 25.0 Å². The van der Waals surface area contributed by atoms with Crippen molar-refractivity contribution in [3.05, 3.63) is 79.9 Å². The molecule has 0 aromatic heterocycles. The minimum absolute atomic E-state index is 0.0676. The molecule has 0 aliphatic rings. The Morgan fingerprint density at radius 1 is 0.957 bits per heavy atom. The number of non-ortho nitro benzene ring substituents is 1. The molecule has 2 aromatic rings. The van der Waals surface area contributed by atoms with Crippen molar-refractivity contribution in [2.45, 2.75) is 13.0 Å². The third kappa shape index (κ3) is 4.34. The Bertz CT molecular complexity index is 742. The summed E-state index contributed by atoms with van der Waals surface area (Å²) >= 11 is 0. The number of nitro groups is 2. The van der Waals surface area contributed by atoms with Crippen molar-refractivity contribution in [3.8, 4) is 0 Å². The van der Waals surface area contributed by atoms with Crippen LogP contribution in [-0.4, -0.2) is 15.8 Å². The zero-order valence-corrected chi connectivity index (χ0v) is 11.9. The average molecular weight is 316 g/mol. The number of nitrogens with zero attached hydrogens (tertiary/aromatic N) is 2. The van der Waals surface area contributed by atoms with Crippen molar-refractivity contribution in [1.82, 2.24) is 0 Å². The summed E-state index contributed by atoms with van der Waals surface area (Å²) < 4.78 is 5.02. The molecule has 118 valence electrons. The van der Waals surface area contributed by atoms with Crippen LogP contribution < -0.4 is 0 Å². The van der Waals surface area contributed by atoms with Gasteiger partial charge in [-0.1, -0.05) is 24.3 Å². The lowest BCUT2D eigenvalue weighted by molar-refractivity contribution is -0.385. The lowest BCUT2D eigenvalue weighted by atomic mass is 10.1. The van der Waals surface area contributed by atoms with E-state index in [4.69, 9.17) is 4.74 Å². The fraction of sp³-hybridized carbons (Fsp3) is 0.133. The van der Waals surface area contributed by atoms with Gasteiger partial charge in [0.25, 0.3) is 11.4 Å². The second-order valence-electron chi connectivity index (χ2n) is 4.65. The molecule has 0 saturated carbocycles. The smallest absolute Gasteiger partial charge is 0.310 e. The van der Waals surface area contributed by atoms with Crippen LogP contribution in [0.4, 0.5) is 11.4 Å². The number of esters is 1. The predicted octanol–water partition coefficient (Wildman–Crippen LogP) is 2.79. The maximum absolute atomic E-state index is 11.8. The summed E-state index contributed by atoms with van der Waals surface area (Å²) in [4.78, 5) is 32.1. The SMILES string of the molecule is O=C(Cc1ccc([N+](=O)[O-])cc1)OCc1ccccc1[N+](=O)[O-]. The van der Waals surface area contributed by atoms with Crippen LogP contribution >= 0.6 is 0 Å². The fourth-order valence-electron chi connectivity index (χ4n) is 1.92. The minimum atomic E-state index is -0.572. The molecule has 8 heteroatoms. The number of ether oxygens (including phenoxy) is 1. The standard InChI is InChI=1S/C15H12N2O6/c18-15(9-11-5-7-13(8-6-11)16(19)20)23-10-12-3-1-2-4-14(12)17(21)22/h1-8H,9-10H2. The molecule has 2 rings (SSSR count). The fourth-order valence-corrected chi connectivity index (χ4v) is 1.92. The van der Waals surface area contributed by atoms with Gasteiger partial charge in [0, 0.05) is 18.2 Å².